The SMILES string of the molecule is CCS(=O)(=O)Nc1cccc(C(=O)c2cnoc2C2CC2)c1[N+](=O)[O-]. The molecule has 1 N–H and O–H groups in total. The Kier molecular flexibility index (Phi) is 4.29. The van der Waals surface area contributed by atoms with Gasteiger partial charge in [0.15, 0.2) is 5.76 Å². The Balaban J connectivity index is 2.08. The van der Waals surface area contributed by atoms with E-state index >= 15 is 0 Å². The minimum atomic E-state index is -3.73. The van der Waals surface area contributed by atoms with Gasteiger partial charge >= 0.3 is 5.69 Å². The van der Waals surface area contributed by atoms with E-state index < -0.39 is 26.4 Å². The van der Waals surface area contributed by atoms with Crippen molar-refractivity contribution in [2.75, 3.05) is 10.5 Å². The van der Waals surface area contributed by atoms with E-state index in [0.717, 1.165) is 12.8 Å². The quantitative estimate of drug-likeness (QED) is 0.452. The van der Waals surface area contributed by atoms with E-state index in [9.17, 15) is 23.3 Å². The van der Waals surface area contributed by atoms with Gasteiger partial charge in [0.05, 0.1) is 22.4 Å². The smallest absolute Gasteiger partial charge is 0.304 e. The molecule has 0 saturated heterocycles. The number of carbonyl (C=O) groups is 1. The van der Waals surface area contributed by atoms with Crippen LogP contribution in [0.3, 0.4) is 0 Å². The first-order valence-corrected chi connectivity index (χ1v) is 9.26. The Morgan fingerprint density at radius 3 is 2.72 bits per heavy atom. The van der Waals surface area contributed by atoms with E-state index in [1.807, 2.05) is 0 Å². The van der Waals surface area contributed by atoms with Crippen molar-refractivity contribution in [1.29, 1.82) is 0 Å². The van der Waals surface area contributed by atoms with Crippen molar-refractivity contribution in [3.05, 3.63) is 51.4 Å². The number of hydrogen-bond acceptors (Lipinski definition) is 7. The lowest BCUT2D eigenvalue weighted by molar-refractivity contribution is -0.384. The zero-order valence-corrected chi connectivity index (χ0v) is 14.1. The summed E-state index contributed by atoms with van der Waals surface area (Å²) in [7, 11) is -3.73. The molecule has 10 heteroatoms. The number of benzene rings is 1. The number of carbonyl (C=O) groups excluding carboxylic acids is 1. The molecule has 1 aliphatic carbocycles. The van der Waals surface area contributed by atoms with Gasteiger partial charge in [-0.15, -0.1) is 0 Å². The Labute approximate surface area is 143 Å². The molecule has 132 valence electrons. The van der Waals surface area contributed by atoms with Gasteiger partial charge in [-0.2, -0.15) is 0 Å². The van der Waals surface area contributed by atoms with Crippen LogP contribution in [0.5, 0.6) is 0 Å². The molecule has 0 spiro atoms. The number of para-hydroxylation sites is 1. The molecular formula is C15H15N3O6S. The number of anilines is 1. The van der Waals surface area contributed by atoms with Crippen LogP contribution in [0.2, 0.25) is 0 Å². The van der Waals surface area contributed by atoms with Crippen LogP contribution in [0.15, 0.2) is 28.9 Å². The van der Waals surface area contributed by atoms with Crippen molar-refractivity contribution in [3.8, 4) is 0 Å². The third kappa shape index (κ3) is 3.38. The number of sulfonamides is 1. The lowest BCUT2D eigenvalue weighted by Crippen LogP contribution is -2.17. The summed E-state index contributed by atoms with van der Waals surface area (Å²) in [6.07, 6.45) is 2.98. The predicted molar refractivity (Wildman–Crippen MR) is 88.1 cm³/mol. The molecule has 1 aliphatic rings. The minimum Gasteiger partial charge on any atom is -0.360 e. The van der Waals surface area contributed by atoms with Crippen LogP contribution in [-0.2, 0) is 10.0 Å². The lowest BCUT2D eigenvalue weighted by atomic mass is 10.0. The van der Waals surface area contributed by atoms with Gasteiger partial charge in [0.25, 0.3) is 0 Å². The van der Waals surface area contributed by atoms with Crippen molar-refractivity contribution in [2.45, 2.75) is 25.7 Å². The molecule has 0 radical (unpaired) electrons. The molecule has 1 aromatic carbocycles. The molecule has 1 fully saturated rings. The first-order valence-electron chi connectivity index (χ1n) is 7.61. The standard InChI is InChI=1S/C15H15N3O6S/c1-2-25(22,23)17-12-5-3-4-10(13(12)18(20)21)14(19)11-8-16-24-15(11)9-6-7-9/h3-5,8-9,17H,2,6-7H2,1H3. The predicted octanol–water partition coefficient (Wildman–Crippen LogP) is 2.45. The van der Waals surface area contributed by atoms with Crippen molar-refractivity contribution in [2.24, 2.45) is 0 Å². The summed E-state index contributed by atoms with van der Waals surface area (Å²) in [5.74, 6) is -0.353. The fourth-order valence-corrected chi connectivity index (χ4v) is 3.09. The Hall–Kier alpha value is -2.75. The summed E-state index contributed by atoms with van der Waals surface area (Å²) >= 11 is 0. The van der Waals surface area contributed by atoms with Crippen molar-refractivity contribution >= 4 is 27.2 Å². The Morgan fingerprint density at radius 2 is 2.12 bits per heavy atom. The average molecular weight is 365 g/mol. The Morgan fingerprint density at radius 1 is 1.40 bits per heavy atom. The molecular weight excluding hydrogens is 350 g/mol. The molecule has 1 saturated carbocycles. The summed E-state index contributed by atoms with van der Waals surface area (Å²) in [6, 6.07) is 3.92. The minimum absolute atomic E-state index is 0.0993. The van der Waals surface area contributed by atoms with E-state index in [4.69, 9.17) is 4.52 Å². The summed E-state index contributed by atoms with van der Waals surface area (Å²) in [5, 5.41) is 15.1. The van der Waals surface area contributed by atoms with Crippen LogP contribution in [0.4, 0.5) is 11.4 Å². The van der Waals surface area contributed by atoms with E-state index in [2.05, 4.69) is 9.88 Å². The highest BCUT2D eigenvalue weighted by atomic mass is 32.2. The van der Waals surface area contributed by atoms with Crippen LogP contribution in [0, 0.1) is 10.1 Å². The first kappa shape index (κ1) is 17.1. The Bertz CT molecular complexity index is 946. The second-order valence-electron chi connectivity index (χ2n) is 5.67. The maximum absolute atomic E-state index is 12.8. The molecule has 0 aliphatic heterocycles. The highest BCUT2D eigenvalue weighted by Crippen LogP contribution is 2.42. The third-order valence-corrected chi connectivity index (χ3v) is 5.19. The fourth-order valence-electron chi connectivity index (χ4n) is 2.45. The van der Waals surface area contributed by atoms with Gasteiger partial charge in [-0.1, -0.05) is 11.2 Å². The van der Waals surface area contributed by atoms with Gasteiger partial charge in [-0.25, -0.2) is 8.42 Å². The molecule has 0 bridgehead atoms. The number of ketones is 1. The monoisotopic (exact) mass is 365 g/mol. The fraction of sp³-hybridized carbons (Fsp3) is 0.333. The summed E-state index contributed by atoms with van der Waals surface area (Å²) < 4.78 is 30.8. The van der Waals surface area contributed by atoms with Crippen molar-refractivity contribution in [3.63, 3.8) is 0 Å². The second kappa shape index (κ2) is 6.28. The number of nitrogens with one attached hydrogen (secondary N) is 1. The normalized spacial score (nSPS) is 14.3. The van der Waals surface area contributed by atoms with Crippen LogP contribution >= 0.6 is 0 Å². The largest absolute Gasteiger partial charge is 0.360 e. The van der Waals surface area contributed by atoms with E-state index in [1.165, 1.54) is 31.3 Å². The average Bonchev–Trinajstić information content (AvgIpc) is 3.30. The summed E-state index contributed by atoms with van der Waals surface area (Å²) in [5.41, 5.74) is -0.887. The lowest BCUT2D eigenvalue weighted by Gasteiger charge is -2.09. The molecule has 9 nitrogen and oxygen atoms in total. The number of nitrogens with zero attached hydrogens (tertiary/aromatic N) is 2. The highest BCUT2D eigenvalue weighted by molar-refractivity contribution is 7.92. The van der Waals surface area contributed by atoms with E-state index in [0.29, 0.717) is 5.76 Å². The molecule has 2 aromatic rings. The van der Waals surface area contributed by atoms with Crippen LogP contribution in [-0.4, -0.2) is 30.0 Å². The maximum Gasteiger partial charge on any atom is 0.304 e. The second-order valence-corrected chi connectivity index (χ2v) is 7.68. The number of rotatable bonds is 7. The zero-order valence-electron chi connectivity index (χ0n) is 13.3. The summed E-state index contributed by atoms with van der Waals surface area (Å²) in [6.45, 7) is 1.40. The van der Waals surface area contributed by atoms with Crippen LogP contribution < -0.4 is 4.72 Å². The third-order valence-electron chi connectivity index (χ3n) is 3.90. The number of nitro benzene ring substituents is 1. The zero-order chi connectivity index (χ0) is 18.2. The first-order chi connectivity index (χ1) is 11.8. The number of nitro groups is 1. The molecule has 3 rings (SSSR count). The number of hydrogen-bond donors (Lipinski definition) is 1. The van der Waals surface area contributed by atoms with Crippen LogP contribution in [0.1, 0.15) is 47.4 Å². The maximum atomic E-state index is 12.8. The van der Waals surface area contributed by atoms with Crippen molar-refractivity contribution in [1.82, 2.24) is 5.16 Å². The van der Waals surface area contributed by atoms with Gasteiger partial charge in [0.2, 0.25) is 15.8 Å². The van der Waals surface area contributed by atoms with Crippen molar-refractivity contribution < 1.29 is 22.7 Å². The topological polar surface area (TPSA) is 132 Å². The van der Waals surface area contributed by atoms with E-state index in [1.54, 1.807) is 0 Å². The highest BCUT2D eigenvalue weighted by Gasteiger charge is 2.35. The molecule has 0 amide bonds. The molecule has 0 atom stereocenters. The van der Waals surface area contributed by atoms with Crippen LogP contribution in [0.25, 0.3) is 0 Å². The van der Waals surface area contributed by atoms with Gasteiger partial charge in [0, 0.05) is 5.92 Å². The van der Waals surface area contributed by atoms with Gasteiger partial charge in [-0.3, -0.25) is 19.6 Å². The molecule has 0 unspecified atom stereocenters. The van der Waals surface area contributed by atoms with Gasteiger partial charge in [0.1, 0.15) is 11.3 Å². The number of aromatic nitrogens is 1. The van der Waals surface area contributed by atoms with Gasteiger partial charge in [-0.05, 0) is 31.9 Å². The van der Waals surface area contributed by atoms with E-state index in [-0.39, 0.29) is 28.5 Å². The summed E-state index contributed by atoms with van der Waals surface area (Å²) in [4.78, 5) is 23.5. The molecule has 25 heavy (non-hydrogen) atoms. The molecule has 1 aromatic heterocycles. The van der Waals surface area contributed by atoms with Gasteiger partial charge < -0.3 is 4.52 Å². The molecule has 1 heterocycles.